The van der Waals surface area contributed by atoms with E-state index in [4.69, 9.17) is 0 Å². The Morgan fingerprint density at radius 3 is 1.59 bits per heavy atom. The van der Waals surface area contributed by atoms with E-state index in [9.17, 15) is 25.5 Å². The Balaban J connectivity index is 1.33. The van der Waals surface area contributed by atoms with Crippen LogP contribution >= 0.6 is 15.9 Å². The molecule has 0 saturated heterocycles. The molecular formula is C42H28BrNO5. The van der Waals surface area contributed by atoms with Crippen molar-refractivity contribution >= 4 is 37.7 Å². The third-order valence-corrected chi connectivity index (χ3v) is 9.58. The first kappa shape index (κ1) is 30.2. The average Bonchev–Trinajstić information content (AvgIpc) is 3.47. The number of benzene rings is 7. The Hall–Kier alpha value is -6.18. The van der Waals surface area contributed by atoms with Crippen molar-refractivity contribution in [3.63, 3.8) is 0 Å². The van der Waals surface area contributed by atoms with Crippen molar-refractivity contribution in [1.29, 1.82) is 0 Å². The fourth-order valence-corrected chi connectivity index (χ4v) is 7.00. The van der Waals surface area contributed by atoms with Crippen molar-refractivity contribution in [1.82, 2.24) is 4.57 Å². The second-order valence-electron chi connectivity index (χ2n) is 11.9. The van der Waals surface area contributed by atoms with E-state index in [0.29, 0.717) is 11.1 Å². The second kappa shape index (κ2) is 11.8. The molecule has 0 unspecified atom stereocenters. The summed E-state index contributed by atoms with van der Waals surface area (Å²) in [7, 11) is 0. The van der Waals surface area contributed by atoms with E-state index in [1.54, 1.807) is 12.1 Å². The molecule has 238 valence electrons. The predicted molar refractivity (Wildman–Crippen MR) is 199 cm³/mol. The Morgan fingerprint density at radius 2 is 0.898 bits per heavy atom. The van der Waals surface area contributed by atoms with Gasteiger partial charge in [-0.25, -0.2) is 0 Å². The van der Waals surface area contributed by atoms with Crippen LogP contribution in [0.3, 0.4) is 0 Å². The third kappa shape index (κ3) is 4.94. The van der Waals surface area contributed by atoms with Crippen molar-refractivity contribution in [3.05, 3.63) is 144 Å². The molecule has 6 nitrogen and oxygen atoms in total. The number of halogens is 1. The van der Waals surface area contributed by atoms with Crippen molar-refractivity contribution in [2.75, 3.05) is 0 Å². The van der Waals surface area contributed by atoms with Crippen molar-refractivity contribution in [3.8, 4) is 78.9 Å². The highest BCUT2D eigenvalue weighted by atomic mass is 79.9. The Bertz CT molecular complexity index is 2540. The molecule has 7 heteroatoms. The molecule has 8 rings (SSSR count). The highest BCUT2D eigenvalue weighted by molar-refractivity contribution is 9.10. The first-order valence-corrected chi connectivity index (χ1v) is 16.4. The molecule has 0 spiro atoms. The van der Waals surface area contributed by atoms with Crippen LogP contribution in [0.2, 0.25) is 0 Å². The number of aromatic hydroxyl groups is 5. The first-order valence-electron chi connectivity index (χ1n) is 15.6. The molecule has 7 aromatic carbocycles. The van der Waals surface area contributed by atoms with Gasteiger partial charge in [0, 0.05) is 20.9 Å². The average molecular weight is 707 g/mol. The first-order chi connectivity index (χ1) is 23.8. The number of phenolic OH excluding ortho intramolecular Hbond substituents is 5. The number of nitrogens with zero attached hydrogens (tertiary/aromatic N) is 1. The smallest absolute Gasteiger partial charge is 0.208 e. The van der Waals surface area contributed by atoms with E-state index >= 15 is 0 Å². The van der Waals surface area contributed by atoms with Crippen molar-refractivity contribution < 1.29 is 25.5 Å². The molecule has 0 radical (unpaired) electrons. The number of para-hydroxylation sites is 1. The van der Waals surface area contributed by atoms with E-state index in [1.165, 1.54) is 0 Å². The van der Waals surface area contributed by atoms with E-state index in [0.717, 1.165) is 59.8 Å². The van der Waals surface area contributed by atoms with Gasteiger partial charge in [-0.2, -0.15) is 0 Å². The van der Waals surface area contributed by atoms with Crippen LogP contribution in [-0.4, -0.2) is 30.1 Å². The molecule has 0 saturated carbocycles. The van der Waals surface area contributed by atoms with E-state index in [-0.39, 0.29) is 5.56 Å². The lowest BCUT2D eigenvalue weighted by Crippen LogP contribution is -1.95. The summed E-state index contributed by atoms with van der Waals surface area (Å²) in [5.41, 5.74) is 8.96. The summed E-state index contributed by atoms with van der Waals surface area (Å²) in [6.07, 6.45) is 0. The van der Waals surface area contributed by atoms with E-state index < -0.39 is 28.7 Å². The zero-order valence-corrected chi connectivity index (χ0v) is 27.4. The summed E-state index contributed by atoms with van der Waals surface area (Å²) >= 11 is 3.55. The molecule has 8 aromatic rings. The summed E-state index contributed by atoms with van der Waals surface area (Å²) in [6.45, 7) is 0. The lowest BCUT2D eigenvalue weighted by atomic mass is 9.92. The lowest BCUT2D eigenvalue weighted by molar-refractivity contribution is 0.330. The monoisotopic (exact) mass is 705 g/mol. The van der Waals surface area contributed by atoms with Gasteiger partial charge in [-0.1, -0.05) is 119 Å². The topological polar surface area (TPSA) is 106 Å². The molecule has 0 aliphatic rings. The summed E-state index contributed by atoms with van der Waals surface area (Å²) in [5, 5.41) is 54.4. The summed E-state index contributed by atoms with van der Waals surface area (Å²) in [6, 6.07) is 46.6. The van der Waals surface area contributed by atoms with E-state index in [2.05, 4.69) is 87.2 Å². The molecule has 0 aliphatic carbocycles. The maximum Gasteiger partial charge on any atom is 0.208 e. The second-order valence-corrected chi connectivity index (χ2v) is 12.8. The number of aromatic nitrogens is 1. The quantitative estimate of drug-likeness (QED) is 0.0905. The fourth-order valence-electron chi connectivity index (χ4n) is 6.74. The van der Waals surface area contributed by atoms with Gasteiger partial charge in [-0.05, 0) is 75.3 Å². The van der Waals surface area contributed by atoms with Gasteiger partial charge in [0.25, 0.3) is 0 Å². The molecular weight excluding hydrogens is 678 g/mol. The Morgan fingerprint density at radius 1 is 0.388 bits per heavy atom. The molecule has 0 aliphatic heterocycles. The summed E-state index contributed by atoms with van der Waals surface area (Å²) < 4.78 is 3.26. The van der Waals surface area contributed by atoms with Crippen LogP contribution in [0.5, 0.6) is 28.7 Å². The zero-order valence-electron chi connectivity index (χ0n) is 25.8. The lowest BCUT2D eigenvalue weighted by Gasteiger charge is -2.17. The SMILES string of the molecule is Oc1c(O)c(O)c(-c2ccccc2-c2cccc(-n3c4ccccc4c4ccc(-c5ccccc5-c5ccc(Br)cc5)cc43)c2)c(O)c1O. The van der Waals surface area contributed by atoms with Crippen LogP contribution in [0.15, 0.2) is 144 Å². The highest BCUT2D eigenvalue weighted by Crippen LogP contribution is 2.56. The molecule has 1 aromatic heterocycles. The molecule has 0 amide bonds. The van der Waals surface area contributed by atoms with Crippen LogP contribution in [0.4, 0.5) is 0 Å². The Labute approximate surface area is 289 Å². The van der Waals surface area contributed by atoms with Crippen LogP contribution in [-0.2, 0) is 0 Å². The van der Waals surface area contributed by atoms with Crippen LogP contribution in [0.1, 0.15) is 0 Å². The number of rotatable bonds is 5. The molecule has 49 heavy (non-hydrogen) atoms. The van der Waals surface area contributed by atoms with Crippen LogP contribution < -0.4 is 0 Å². The maximum absolute atomic E-state index is 10.8. The number of phenols is 5. The van der Waals surface area contributed by atoms with E-state index in [1.807, 2.05) is 60.7 Å². The van der Waals surface area contributed by atoms with Crippen molar-refractivity contribution in [2.24, 2.45) is 0 Å². The van der Waals surface area contributed by atoms with Gasteiger partial charge in [0.2, 0.25) is 17.2 Å². The van der Waals surface area contributed by atoms with Gasteiger partial charge in [-0.15, -0.1) is 0 Å². The molecule has 0 bridgehead atoms. The largest absolute Gasteiger partial charge is 0.504 e. The van der Waals surface area contributed by atoms with Gasteiger partial charge >= 0.3 is 0 Å². The molecule has 0 atom stereocenters. The molecule has 0 fully saturated rings. The van der Waals surface area contributed by atoms with Gasteiger partial charge in [0.15, 0.2) is 11.5 Å². The van der Waals surface area contributed by atoms with Gasteiger partial charge < -0.3 is 30.1 Å². The standard InChI is InChI=1S/C42H28BrNO5/c43-27-19-16-24(17-20-27)29-10-1-2-11-30(29)26-18-21-33-32-13-5-6-15-35(32)44(36(33)23-26)28-9-7-8-25(22-28)31-12-3-4-14-34(31)37-38(45)40(47)42(49)41(48)39(37)46/h1-23,45-49H. The number of hydrogen-bond donors (Lipinski definition) is 5. The predicted octanol–water partition coefficient (Wildman–Crippen LogP) is 10.7. The normalized spacial score (nSPS) is 11.4. The number of hydrogen-bond acceptors (Lipinski definition) is 5. The van der Waals surface area contributed by atoms with Gasteiger partial charge in [0.1, 0.15) is 0 Å². The van der Waals surface area contributed by atoms with Gasteiger partial charge in [0.05, 0.1) is 16.6 Å². The van der Waals surface area contributed by atoms with Crippen LogP contribution in [0, 0.1) is 0 Å². The molecule has 1 heterocycles. The minimum atomic E-state index is -0.997. The fraction of sp³-hybridized carbons (Fsp3) is 0. The summed E-state index contributed by atoms with van der Waals surface area (Å²) in [5.74, 6) is -4.32. The minimum absolute atomic E-state index is 0.195. The maximum atomic E-state index is 10.8. The number of fused-ring (bicyclic) bond motifs is 3. The zero-order chi connectivity index (χ0) is 33.8. The third-order valence-electron chi connectivity index (χ3n) is 9.05. The minimum Gasteiger partial charge on any atom is -0.504 e. The summed E-state index contributed by atoms with van der Waals surface area (Å²) in [4.78, 5) is 0. The molecule has 5 N–H and O–H groups in total. The van der Waals surface area contributed by atoms with Gasteiger partial charge in [-0.3, -0.25) is 0 Å². The van der Waals surface area contributed by atoms with Crippen molar-refractivity contribution in [2.45, 2.75) is 0 Å². The van der Waals surface area contributed by atoms with Crippen LogP contribution in [0.25, 0.3) is 72.0 Å². The highest BCUT2D eigenvalue weighted by Gasteiger charge is 2.26. The Kier molecular flexibility index (Phi) is 7.27.